The fourth-order valence-electron chi connectivity index (χ4n) is 1.35. The molecule has 0 bridgehead atoms. The third kappa shape index (κ3) is 2.00. The van der Waals surface area contributed by atoms with E-state index >= 15 is 0 Å². The average molecular weight is 214 g/mol. The fraction of sp³-hybridized carbons (Fsp3) is 0. The maximum absolute atomic E-state index is 10.9. The van der Waals surface area contributed by atoms with Crippen LogP contribution >= 0.6 is 0 Å². The van der Waals surface area contributed by atoms with Gasteiger partial charge in [-0.3, -0.25) is 4.79 Å². The molecule has 16 heavy (non-hydrogen) atoms. The predicted octanol–water partition coefficient (Wildman–Crippen LogP) is 0.201. The molecule has 0 amide bonds. The van der Waals surface area contributed by atoms with Crippen molar-refractivity contribution in [3.63, 3.8) is 0 Å². The Bertz CT molecular complexity index is 549. The predicted molar refractivity (Wildman–Crippen MR) is 56.4 cm³/mol. The first-order valence-electron chi connectivity index (χ1n) is 4.67. The maximum Gasteiger partial charge on any atom is 0.181 e. The minimum absolute atomic E-state index is 0.0670. The van der Waals surface area contributed by atoms with Gasteiger partial charge in [0.2, 0.25) is 0 Å². The van der Waals surface area contributed by atoms with E-state index in [1.54, 1.807) is 29.1 Å². The first kappa shape index (κ1) is 10.2. The third-order valence-corrected chi connectivity index (χ3v) is 2.20. The van der Waals surface area contributed by atoms with Gasteiger partial charge in [0.25, 0.3) is 0 Å². The van der Waals surface area contributed by atoms with Crippen molar-refractivity contribution >= 4 is 5.97 Å². The molecular weight excluding hydrogens is 206 g/mol. The number of carbonyl (C=O) groups is 1. The molecule has 0 aliphatic rings. The molecule has 0 spiro atoms. The first-order valence-corrected chi connectivity index (χ1v) is 4.67. The lowest BCUT2D eigenvalue weighted by Crippen LogP contribution is -2.22. The minimum Gasteiger partial charge on any atom is -0.545 e. The summed E-state index contributed by atoms with van der Waals surface area (Å²) in [4.78, 5) is 21.4. The number of nitrogens with zero attached hydrogens (tertiary/aromatic N) is 1. The highest BCUT2D eigenvalue weighted by molar-refractivity contribution is 5.85. The summed E-state index contributed by atoms with van der Waals surface area (Å²) < 4.78 is 1.72. The topological polar surface area (TPSA) is 62.1 Å². The third-order valence-electron chi connectivity index (χ3n) is 2.20. The highest BCUT2D eigenvalue weighted by atomic mass is 16.4. The zero-order valence-corrected chi connectivity index (χ0v) is 8.29. The SMILES string of the molecule is O=C([O-])c1ccc(-n2ccc(=O)cc2)cc1. The molecule has 2 aromatic rings. The van der Waals surface area contributed by atoms with Crippen LogP contribution in [0.5, 0.6) is 0 Å². The molecule has 0 aliphatic heterocycles. The van der Waals surface area contributed by atoms with Crippen molar-refractivity contribution in [1.82, 2.24) is 4.57 Å². The van der Waals surface area contributed by atoms with E-state index in [0.29, 0.717) is 0 Å². The van der Waals surface area contributed by atoms with Crippen LogP contribution in [-0.2, 0) is 0 Å². The number of carboxylic acid groups (broad SMARTS) is 1. The molecule has 2 rings (SSSR count). The summed E-state index contributed by atoms with van der Waals surface area (Å²) in [5.74, 6) is -1.20. The monoisotopic (exact) mass is 214 g/mol. The first-order chi connectivity index (χ1) is 7.66. The van der Waals surface area contributed by atoms with E-state index in [9.17, 15) is 14.7 Å². The highest BCUT2D eigenvalue weighted by Gasteiger charge is 1.96. The van der Waals surface area contributed by atoms with Crippen molar-refractivity contribution in [2.45, 2.75) is 0 Å². The summed E-state index contributed by atoms with van der Waals surface area (Å²) in [7, 11) is 0. The molecule has 1 aromatic carbocycles. The average Bonchev–Trinajstić information content (AvgIpc) is 2.30. The van der Waals surface area contributed by atoms with E-state index in [1.165, 1.54) is 24.3 Å². The van der Waals surface area contributed by atoms with Crippen molar-refractivity contribution in [2.24, 2.45) is 0 Å². The quantitative estimate of drug-likeness (QED) is 0.717. The zero-order valence-electron chi connectivity index (χ0n) is 8.29. The van der Waals surface area contributed by atoms with E-state index in [1.807, 2.05) is 0 Å². The van der Waals surface area contributed by atoms with Gasteiger partial charge < -0.3 is 14.5 Å². The Hall–Kier alpha value is -2.36. The van der Waals surface area contributed by atoms with Gasteiger partial charge in [-0.1, -0.05) is 12.1 Å². The Morgan fingerprint density at radius 2 is 1.56 bits per heavy atom. The van der Waals surface area contributed by atoms with Gasteiger partial charge in [-0.15, -0.1) is 0 Å². The van der Waals surface area contributed by atoms with Gasteiger partial charge in [0.1, 0.15) is 0 Å². The number of hydrogen-bond donors (Lipinski definition) is 0. The second kappa shape index (κ2) is 4.02. The van der Waals surface area contributed by atoms with E-state index in [-0.39, 0.29) is 11.0 Å². The van der Waals surface area contributed by atoms with Crippen LogP contribution in [0, 0.1) is 0 Å². The number of carboxylic acids is 1. The molecule has 4 heteroatoms. The van der Waals surface area contributed by atoms with Crippen LogP contribution in [0.4, 0.5) is 0 Å². The van der Waals surface area contributed by atoms with Crippen molar-refractivity contribution in [2.75, 3.05) is 0 Å². The lowest BCUT2D eigenvalue weighted by Gasteiger charge is -2.07. The van der Waals surface area contributed by atoms with Crippen molar-refractivity contribution in [1.29, 1.82) is 0 Å². The van der Waals surface area contributed by atoms with Crippen molar-refractivity contribution in [3.8, 4) is 5.69 Å². The van der Waals surface area contributed by atoms with Gasteiger partial charge in [0, 0.05) is 30.2 Å². The van der Waals surface area contributed by atoms with E-state index in [0.717, 1.165) is 5.69 Å². The molecule has 1 aromatic heterocycles. The number of benzene rings is 1. The number of rotatable bonds is 2. The lowest BCUT2D eigenvalue weighted by atomic mass is 10.2. The molecule has 0 unspecified atom stereocenters. The minimum atomic E-state index is -1.20. The molecule has 0 radical (unpaired) electrons. The molecule has 0 N–H and O–H groups in total. The molecule has 0 saturated heterocycles. The van der Waals surface area contributed by atoms with Gasteiger partial charge >= 0.3 is 0 Å². The summed E-state index contributed by atoms with van der Waals surface area (Å²) in [6.45, 7) is 0. The fourth-order valence-corrected chi connectivity index (χ4v) is 1.35. The largest absolute Gasteiger partial charge is 0.545 e. The molecule has 0 fully saturated rings. The van der Waals surface area contributed by atoms with Crippen LogP contribution in [0.25, 0.3) is 5.69 Å². The summed E-state index contributed by atoms with van der Waals surface area (Å²) in [5.41, 5.74) is 0.845. The van der Waals surface area contributed by atoms with E-state index < -0.39 is 5.97 Å². The Morgan fingerprint density at radius 3 is 2.06 bits per heavy atom. The summed E-state index contributed by atoms with van der Waals surface area (Å²) in [6.07, 6.45) is 3.24. The molecule has 4 nitrogen and oxygen atoms in total. The van der Waals surface area contributed by atoms with Gasteiger partial charge in [0.05, 0.1) is 5.97 Å². The zero-order chi connectivity index (χ0) is 11.5. The standard InChI is InChI=1S/C12H9NO3/c14-11-5-7-13(8-6-11)10-3-1-9(2-4-10)12(15)16/h1-8H,(H,15,16)/p-1. The van der Waals surface area contributed by atoms with Gasteiger partial charge in [-0.2, -0.15) is 0 Å². The van der Waals surface area contributed by atoms with Crippen molar-refractivity contribution < 1.29 is 9.90 Å². The molecule has 1 heterocycles. The lowest BCUT2D eigenvalue weighted by molar-refractivity contribution is -0.255. The Kier molecular flexibility index (Phi) is 2.55. The summed E-state index contributed by atoms with van der Waals surface area (Å²) in [5, 5.41) is 10.5. The molecule has 0 saturated carbocycles. The summed E-state index contributed by atoms with van der Waals surface area (Å²) >= 11 is 0. The number of aromatic nitrogens is 1. The van der Waals surface area contributed by atoms with E-state index in [4.69, 9.17) is 0 Å². The van der Waals surface area contributed by atoms with Gasteiger partial charge in [-0.05, 0) is 17.7 Å². The second-order valence-corrected chi connectivity index (χ2v) is 3.28. The normalized spacial score (nSPS) is 10.0. The van der Waals surface area contributed by atoms with Crippen LogP contribution in [0.15, 0.2) is 53.6 Å². The Morgan fingerprint density at radius 1 is 1.00 bits per heavy atom. The maximum atomic E-state index is 10.9. The number of carbonyl (C=O) groups excluding carboxylic acids is 1. The molecule has 0 aliphatic carbocycles. The smallest absolute Gasteiger partial charge is 0.181 e. The van der Waals surface area contributed by atoms with Gasteiger partial charge in [0.15, 0.2) is 5.43 Å². The number of hydrogen-bond acceptors (Lipinski definition) is 3. The number of aromatic carboxylic acids is 1. The van der Waals surface area contributed by atoms with E-state index in [2.05, 4.69) is 0 Å². The Balaban J connectivity index is 2.38. The highest BCUT2D eigenvalue weighted by Crippen LogP contribution is 2.08. The van der Waals surface area contributed by atoms with Crippen LogP contribution in [-0.4, -0.2) is 10.5 Å². The second-order valence-electron chi connectivity index (χ2n) is 3.28. The van der Waals surface area contributed by atoms with Crippen LogP contribution in [0.2, 0.25) is 0 Å². The van der Waals surface area contributed by atoms with Crippen LogP contribution in [0.3, 0.4) is 0 Å². The van der Waals surface area contributed by atoms with Crippen LogP contribution < -0.4 is 10.5 Å². The molecule has 80 valence electrons. The van der Waals surface area contributed by atoms with Crippen LogP contribution in [0.1, 0.15) is 10.4 Å². The molecular formula is C12H8NO3-. The Labute approximate surface area is 91.4 Å². The summed E-state index contributed by atoms with van der Waals surface area (Å²) in [6, 6.07) is 9.09. The molecule has 0 atom stereocenters. The number of pyridine rings is 1. The van der Waals surface area contributed by atoms with Gasteiger partial charge in [-0.25, -0.2) is 0 Å². The van der Waals surface area contributed by atoms with Crippen molar-refractivity contribution in [3.05, 3.63) is 64.6 Å².